The zero-order chi connectivity index (χ0) is 18.4. The van der Waals surface area contributed by atoms with Crippen molar-refractivity contribution < 1.29 is 20.8 Å². The molecule has 0 aromatic heterocycles. The first-order chi connectivity index (χ1) is 11.3. The van der Waals surface area contributed by atoms with Gasteiger partial charge in [0.05, 0.1) is 0 Å². The maximum atomic E-state index is 4.93. The van der Waals surface area contributed by atoms with E-state index in [-0.39, 0.29) is 0 Å². The van der Waals surface area contributed by atoms with E-state index in [1.54, 1.807) is 0 Å². The van der Waals surface area contributed by atoms with Gasteiger partial charge in [-0.15, -0.1) is 28.5 Å². The zero-order valence-electron chi connectivity index (χ0n) is 15.6. The Morgan fingerprint density at radius 3 is 1.67 bits per heavy atom. The summed E-state index contributed by atoms with van der Waals surface area (Å²) in [7, 11) is 9.87. The number of rotatable bonds is 0. The third kappa shape index (κ3) is 5.07. The maximum absolute atomic E-state index is 4.93. The molecule has 0 amide bonds. The predicted molar refractivity (Wildman–Crippen MR) is 106 cm³/mol. The molecule has 0 spiro atoms. The van der Waals surface area contributed by atoms with Crippen LogP contribution in [-0.2, 0) is 20.8 Å². The van der Waals surface area contributed by atoms with Crippen LogP contribution >= 0.6 is 17.0 Å². The molecule has 0 heterocycles. The zero-order valence-corrected chi connectivity index (χ0v) is 19.6. The third-order valence-electron chi connectivity index (χ3n) is 5.06. The molecule has 0 bridgehead atoms. The molecule has 0 saturated heterocycles. The van der Waals surface area contributed by atoms with Gasteiger partial charge in [0, 0.05) is 0 Å². The van der Waals surface area contributed by atoms with Crippen molar-refractivity contribution >= 4 is 27.8 Å². The second-order valence-corrected chi connectivity index (χ2v) is 9.98. The van der Waals surface area contributed by atoms with Crippen LogP contribution < -0.4 is 0 Å². The van der Waals surface area contributed by atoms with Gasteiger partial charge in [0.1, 0.15) is 0 Å². The molecule has 0 fully saturated rings. The summed E-state index contributed by atoms with van der Waals surface area (Å²) in [4.78, 5) is 0. The molecule has 3 heteroatoms. The molecule has 0 aliphatic heterocycles. The average Bonchev–Trinajstić information content (AvgIpc) is 3.12. The minimum absolute atomic E-state index is 0.826. The van der Waals surface area contributed by atoms with Gasteiger partial charge < -0.3 is 0 Å². The van der Waals surface area contributed by atoms with Crippen LogP contribution in [0.15, 0.2) is 30.3 Å². The van der Waals surface area contributed by atoms with Gasteiger partial charge in [-0.1, -0.05) is 53.2 Å². The van der Waals surface area contributed by atoms with Crippen LogP contribution in [0.2, 0.25) is 0 Å². The molecule has 3 aromatic rings. The van der Waals surface area contributed by atoms with Gasteiger partial charge in [-0.3, -0.25) is 0 Å². The quantitative estimate of drug-likeness (QED) is 0.318. The third-order valence-corrected chi connectivity index (χ3v) is 5.06. The number of hydrogen-bond donors (Lipinski definition) is 0. The van der Waals surface area contributed by atoms with Crippen molar-refractivity contribution in [1.29, 1.82) is 0 Å². The summed E-state index contributed by atoms with van der Waals surface area (Å²) in [5.74, 6) is 0. The van der Waals surface area contributed by atoms with Gasteiger partial charge in [0.15, 0.2) is 0 Å². The van der Waals surface area contributed by atoms with Gasteiger partial charge in [0.25, 0.3) is 0 Å². The number of aryl methyl sites for hydroxylation is 2. The molecule has 0 atom stereocenters. The topological polar surface area (TPSA) is 0 Å². The summed E-state index contributed by atoms with van der Waals surface area (Å²) in [6.07, 6.45) is 0. The molecule has 0 saturated carbocycles. The van der Waals surface area contributed by atoms with Gasteiger partial charge in [-0.25, -0.2) is 0 Å². The second-order valence-electron chi connectivity index (χ2n) is 6.25. The number of hydrogen-bond acceptors (Lipinski definition) is 0. The minimum atomic E-state index is -0.826. The SMILES string of the molecule is Cc1c(C)c(C)[c-](C)c1C.Cc1ccc(C)c2[cH-]ccc12.[Cl][Zr+2][Cl]. The fraction of sp³-hybridized carbons (Fsp3) is 0.333. The Morgan fingerprint density at radius 2 is 1.29 bits per heavy atom. The van der Waals surface area contributed by atoms with Crippen LogP contribution in [0.5, 0.6) is 0 Å². The van der Waals surface area contributed by atoms with Crippen LogP contribution in [0.3, 0.4) is 0 Å². The van der Waals surface area contributed by atoms with Gasteiger partial charge in [0.2, 0.25) is 0 Å². The van der Waals surface area contributed by atoms with E-state index in [1.807, 2.05) is 0 Å². The van der Waals surface area contributed by atoms with Crippen molar-refractivity contribution in [3.63, 3.8) is 0 Å². The van der Waals surface area contributed by atoms with E-state index in [0.29, 0.717) is 0 Å². The molecule has 3 rings (SSSR count). The van der Waals surface area contributed by atoms with Crippen molar-refractivity contribution in [2.45, 2.75) is 48.5 Å². The molecule has 0 aliphatic rings. The Kier molecular flexibility index (Phi) is 8.99. The van der Waals surface area contributed by atoms with Crippen molar-refractivity contribution in [3.05, 3.63) is 69.3 Å². The summed E-state index contributed by atoms with van der Waals surface area (Å²) in [5.41, 5.74) is 10.1. The predicted octanol–water partition coefficient (Wildman–Crippen LogP) is 7.50. The molecule has 128 valence electrons. The van der Waals surface area contributed by atoms with Crippen LogP contribution in [0, 0.1) is 48.5 Å². The van der Waals surface area contributed by atoms with E-state index >= 15 is 0 Å². The van der Waals surface area contributed by atoms with Gasteiger partial charge in [-0.2, -0.15) is 39.9 Å². The van der Waals surface area contributed by atoms with Crippen LogP contribution in [-0.4, -0.2) is 0 Å². The number of benzene rings is 1. The van der Waals surface area contributed by atoms with Gasteiger partial charge in [-0.05, 0) is 6.92 Å². The average molecular weight is 441 g/mol. The first kappa shape index (κ1) is 21.7. The fourth-order valence-electron chi connectivity index (χ4n) is 2.94. The van der Waals surface area contributed by atoms with E-state index < -0.39 is 20.8 Å². The Hall–Kier alpha value is -0.357. The Labute approximate surface area is 165 Å². The molecule has 0 radical (unpaired) electrons. The van der Waals surface area contributed by atoms with Gasteiger partial charge >= 0.3 is 37.9 Å². The second kappa shape index (κ2) is 9.95. The van der Waals surface area contributed by atoms with E-state index in [2.05, 4.69) is 78.8 Å². The van der Waals surface area contributed by atoms with E-state index in [4.69, 9.17) is 17.0 Å². The Bertz CT molecular complexity index is 678. The van der Waals surface area contributed by atoms with Crippen molar-refractivity contribution in [1.82, 2.24) is 0 Å². The van der Waals surface area contributed by atoms with Crippen molar-refractivity contribution in [2.75, 3.05) is 0 Å². The van der Waals surface area contributed by atoms with Crippen molar-refractivity contribution in [2.24, 2.45) is 0 Å². The van der Waals surface area contributed by atoms with E-state index in [9.17, 15) is 0 Å². The molecular formula is C21H26Cl2Zr. The molecule has 0 nitrogen and oxygen atoms in total. The van der Waals surface area contributed by atoms with Crippen LogP contribution in [0.1, 0.15) is 38.9 Å². The summed E-state index contributed by atoms with van der Waals surface area (Å²) >= 11 is -0.826. The molecule has 0 aliphatic carbocycles. The molecule has 0 unspecified atom stereocenters. The summed E-state index contributed by atoms with van der Waals surface area (Å²) < 4.78 is 0. The number of fused-ring (bicyclic) bond motifs is 1. The molecule has 3 aromatic carbocycles. The summed E-state index contributed by atoms with van der Waals surface area (Å²) in [5, 5.41) is 2.79. The summed E-state index contributed by atoms with van der Waals surface area (Å²) in [6, 6.07) is 10.8. The van der Waals surface area contributed by atoms with Crippen LogP contribution in [0.4, 0.5) is 0 Å². The first-order valence-electron chi connectivity index (χ1n) is 8.03. The Balaban J connectivity index is 0.000000208. The first-order valence-corrected chi connectivity index (χ1v) is 14.4. The van der Waals surface area contributed by atoms with Crippen molar-refractivity contribution in [3.8, 4) is 0 Å². The Morgan fingerprint density at radius 1 is 0.833 bits per heavy atom. The standard InChI is InChI=1S/C11H11.C10H15.2ClH.Zr/c1-8-6-7-9(2)11-5-3-4-10(8)11;1-6-7(2)9(4)10(5)8(6)3;;;/h3-7H,1-2H3;1-5H3;2*1H;/q2*-1;;;+4/p-2. The van der Waals surface area contributed by atoms with E-state index in [0.717, 1.165) is 0 Å². The molecule has 0 N–H and O–H groups in total. The molecule has 24 heavy (non-hydrogen) atoms. The number of halogens is 2. The normalized spacial score (nSPS) is 9.71. The fourth-order valence-corrected chi connectivity index (χ4v) is 2.94. The summed E-state index contributed by atoms with van der Waals surface area (Å²) in [6.45, 7) is 15.3. The van der Waals surface area contributed by atoms with E-state index in [1.165, 1.54) is 49.7 Å². The monoisotopic (exact) mass is 438 g/mol. The molecular weight excluding hydrogens is 414 g/mol. The van der Waals surface area contributed by atoms with Crippen LogP contribution in [0.25, 0.3) is 10.8 Å².